The minimum Gasteiger partial charge on any atom is -0.496 e. The molecule has 112 valence electrons. The van der Waals surface area contributed by atoms with Gasteiger partial charge in [0.05, 0.1) is 19.8 Å². The van der Waals surface area contributed by atoms with E-state index in [2.05, 4.69) is 19.9 Å². The van der Waals surface area contributed by atoms with Crippen molar-refractivity contribution in [3.05, 3.63) is 59.2 Å². The van der Waals surface area contributed by atoms with E-state index in [1.807, 2.05) is 36.4 Å². The van der Waals surface area contributed by atoms with Gasteiger partial charge in [-0.15, -0.1) is 0 Å². The molecule has 0 heterocycles. The lowest BCUT2D eigenvalue weighted by molar-refractivity contribution is 0.317. The molecule has 0 aliphatic rings. The molecule has 0 saturated carbocycles. The van der Waals surface area contributed by atoms with E-state index < -0.39 is 0 Å². The molecule has 1 unspecified atom stereocenters. The maximum Gasteiger partial charge on any atom is 0.123 e. The molecule has 2 aromatic carbocycles. The Bertz CT molecular complexity index is 578. The van der Waals surface area contributed by atoms with Gasteiger partial charge in [0.1, 0.15) is 11.5 Å². The van der Waals surface area contributed by atoms with Crippen molar-refractivity contribution >= 4 is 0 Å². The quantitative estimate of drug-likeness (QED) is 0.877. The summed E-state index contributed by atoms with van der Waals surface area (Å²) < 4.78 is 11.0. The highest BCUT2D eigenvalue weighted by Gasteiger charge is 2.14. The molecule has 3 heteroatoms. The fourth-order valence-corrected chi connectivity index (χ4v) is 2.27. The second-order valence-electron chi connectivity index (χ2n) is 5.14. The summed E-state index contributed by atoms with van der Waals surface area (Å²) in [6, 6.07) is 13.8. The van der Waals surface area contributed by atoms with Crippen LogP contribution in [0.1, 0.15) is 36.1 Å². The summed E-state index contributed by atoms with van der Waals surface area (Å²) >= 11 is 0. The predicted molar refractivity (Wildman–Crippen MR) is 86.0 cm³/mol. The third kappa shape index (κ3) is 3.76. The number of aryl methyl sites for hydroxylation is 1. The first-order valence-electron chi connectivity index (χ1n) is 7.28. The van der Waals surface area contributed by atoms with E-state index in [1.165, 1.54) is 5.56 Å². The third-order valence-electron chi connectivity index (χ3n) is 3.43. The molecule has 0 radical (unpaired) electrons. The Kier molecular flexibility index (Phi) is 5.23. The van der Waals surface area contributed by atoms with Crippen LogP contribution in [0.5, 0.6) is 11.5 Å². The van der Waals surface area contributed by atoms with E-state index >= 15 is 0 Å². The minimum absolute atomic E-state index is 0.208. The van der Waals surface area contributed by atoms with Gasteiger partial charge in [0.25, 0.3) is 0 Å². The van der Waals surface area contributed by atoms with Gasteiger partial charge < -0.3 is 15.2 Å². The largest absolute Gasteiger partial charge is 0.496 e. The first-order chi connectivity index (χ1) is 10.2. The van der Waals surface area contributed by atoms with Crippen LogP contribution in [-0.2, 0) is 0 Å². The van der Waals surface area contributed by atoms with Gasteiger partial charge in [-0.05, 0) is 37.1 Å². The zero-order chi connectivity index (χ0) is 15.2. The maximum absolute atomic E-state index is 6.39. The van der Waals surface area contributed by atoms with Crippen LogP contribution < -0.4 is 15.2 Å². The SMILES string of the molecule is CCCOc1ccc(C(N)c2cc(C)ccc2OC)cc1. The zero-order valence-electron chi connectivity index (χ0n) is 12.9. The Morgan fingerprint density at radius 1 is 1.10 bits per heavy atom. The minimum atomic E-state index is -0.208. The van der Waals surface area contributed by atoms with Gasteiger partial charge >= 0.3 is 0 Å². The summed E-state index contributed by atoms with van der Waals surface area (Å²) in [6.07, 6.45) is 1.00. The Morgan fingerprint density at radius 3 is 2.43 bits per heavy atom. The van der Waals surface area contributed by atoms with Crippen LogP contribution in [0.3, 0.4) is 0 Å². The second kappa shape index (κ2) is 7.14. The van der Waals surface area contributed by atoms with E-state index in [9.17, 15) is 0 Å². The lowest BCUT2D eigenvalue weighted by Gasteiger charge is -2.17. The normalized spacial score (nSPS) is 12.0. The lowest BCUT2D eigenvalue weighted by atomic mass is 9.97. The average molecular weight is 285 g/mol. The van der Waals surface area contributed by atoms with Crippen molar-refractivity contribution in [2.24, 2.45) is 5.73 Å². The van der Waals surface area contributed by atoms with Crippen LogP contribution >= 0.6 is 0 Å². The molecule has 3 nitrogen and oxygen atoms in total. The first kappa shape index (κ1) is 15.4. The number of methoxy groups -OCH3 is 1. The van der Waals surface area contributed by atoms with Gasteiger partial charge in [0.2, 0.25) is 0 Å². The monoisotopic (exact) mass is 285 g/mol. The van der Waals surface area contributed by atoms with E-state index in [0.29, 0.717) is 0 Å². The molecule has 2 N–H and O–H groups in total. The summed E-state index contributed by atoms with van der Waals surface area (Å²) in [5.41, 5.74) is 9.61. The van der Waals surface area contributed by atoms with Gasteiger partial charge in [-0.25, -0.2) is 0 Å². The molecular weight excluding hydrogens is 262 g/mol. The van der Waals surface area contributed by atoms with Crippen molar-refractivity contribution < 1.29 is 9.47 Å². The average Bonchev–Trinajstić information content (AvgIpc) is 2.52. The van der Waals surface area contributed by atoms with Crippen molar-refractivity contribution in [1.82, 2.24) is 0 Å². The Hall–Kier alpha value is -2.00. The van der Waals surface area contributed by atoms with E-state index in [4.69, 9.17) is 15.2 Å². The molecule has 0 saturated heterocycles. The zero-order valence-corrected chi connectivity index (χ0v) is 12.9. The number of hydrogen-bond acceptors (Lipinski definition) is 3. The van der Waals surface area contributed by atoms with Crippen molar-refractivity contribution in [2.75, 3.05) is 13.7 Å². The Labute approximate surface area is 126 Å². The Balaban J connectivity index is 2.23. The molecule has 0 bridgehead atoms. The van der Waals surface area contributed by atoms with Crippen molar-refractivity contribution in [3.8, 4) is 11.5 Å². The number of hydrogen-bond donors (Lipinski definition) is 1. The first-order valence-corrected chi connectivity index (χ1v) is 7.28. The third-order valence-corrected chi connectivity index (χ3v) is 3.43. The lowest BCUT2D eigenvalue weighted by Crippen LogP contribution is -2.13. The molecule has 0 aliphatic carbocycles. The van der Waals surface area contributed by atoms with Gasteiger partial charge in [-0.3, -0.25) is 0 Å². The fraction of sp³-hybridized carbons (Fsp3) is 0.333. The maximum atomic E-state index is 6.39. The summed E-state index contributed by atoms with van der Waals surface area (Å²) in [5, 5.41) is 0. The summed E-state index contributed by atoms with van der Waals surface area (Å²) in [5.74, 6) is 1.70. The molecule has 0 amide bonds. The van der Waals surface area contributed by atoms with Crippen LogP contribution in [-0.4, -0.2) is 13.7 Å². The number of ether oxygens (including phenoxy) is 2. The molecule has 1 atom stereocenters. The summed E-state index contributed by atoms with van der Waals surface area (Å²) in [4.78, 5) is 0. The highest BCUT2D eigenvalue weighted by molar-refractivity contribution is 5.44. The predicted octanol–water partition coefficient (Wildman–Crippen LogP) is 3.84. The van der Waals surface area contributed by atoms with E-state index in [0.717, 1.165) is 35.7 Å². The number of benzene rings is 2. The van der Waals surface area contributed by atoms with Crippen LogP contribution in [0.15, 0.2) is 42.5 Å². The number of nitrogens with two attached hydrogens (primary N) is 1. The standard InChI is InChI=1S/C18H23NO2/c1-4-11-21-15-8-6-14(7-9-15)18(19)16-12-13(2)5-10-17(16)20-3/h5-10,12,18H,4,11,19H2,1-3H3. The van der Waals surface area contributed by atoms with Crippen molar-refractivity contribution in [2.45, 2.75) is 26.3 Å². The topological polar surface area (TPSA) is 44.5 Å². The number of rotatable bonds is 6. The highest BCUT2D eigenvalue weighted by Crippen LogP contribution is 2.30. The van der Waals surface area contributed by atoms with E-state index in [1.54, 1.807) is 7.11 Å². The highest BCUT2D eigenvalue weighted by atomic mass is 16.5. The van der Waals surface area contributed by atoms with Gasteiger partial charge in [-0.2, -0.15) is 0 Å². The molecule has 2 rings (SSSR count). The van der Waals surface area contributed by atoms with Gasteiger partial charge in [-0.1, -0.05) is 36.8 Å². The molecule has 0 spiro atoms. The fourth-order valence-electron chi connectivity index (χ4n) is 2.27. The summed E-state index contributed by atoms with van der Waals surface area (Å²) in [6.45, 7) is 4.88. The summed E-state index contributed by atoms with van der Waals surface area (Å²) in [7, 11) is 1.67. The van der Waals surface area contributed by atoms with Crippen LogP contribution in [0.4, 0.5) is 0 Å². The molecule has 21 heavy (non-hydrogen) atoms. The smallest absolute Gasteiger partial charge is 0.123 e. The second-order valence-corrected chi connectivity index (χ2v) is 5.14. The van der Waals surface area contributed by atoms with Crippen molar-refractivity contribution in [3.63, 3.8) is 0 Å². The molecule has 0 fully saturated rings. The van der Waals surface area contributed by atoms with Crippen LogP contribution in [0.2, 0.25) is 0 Å². The van der Waals surface area contributed by atoms with Crippen LogP contribution in [0.25, 0.3) is 0 Å². The molecule has 0 aliphatic heterocycles. The van der Waals surface area contributed by atoms with Crippen LogP contribution in [0, 0.1) is 6.92 Å². The van der Waals surface area contributed by atoms with E-state index in [-0.39, 0.29) is 6.04 Å². The Morgan fingerprint density at radius 2 is 1.81 bits per heavy atom. The van der Waals surface area contributed by atoms with Gasteiger partial charge in [0, 0.05) is 5.56 Å². The molecular formula is C18H23NO2. The van der Waals surface area contributed by atoms with Crippen molar-refractivity contribution in [1.29, 1.82) is 0 Å². The molecule has 0 aromatic heterocycles. The van der Waals surface area contributed by atoms with Gasteiger partial charge in [0.15, 0.2) is 0 Å². The molecule has 2 aromatic rings.